The van der Waals surface area contributed by atoms with Gasteiger partial charge in [-0.15, -0.1) is 0 Å². The maximum atomic E-state index is 11.0. The van der Waals surface area contributed by atoms with Crippen molar-refractivity contribution in [3.8, 4) is 11.1 Å². The van der Waals surface area contributed by atoms with Crippen molar-refractivity contribution in [1.82, 2.24) is 15.3 Å². The van der Waals surface area contributed by atoms with E-state index in [1.165, 1.54) is 6.92 Å². The van der Waals surface area contributed by atoms with Crippen LogP contribution in [0.4, 0.5) is 5.82 Å². The Kier molecular flexibility index (Phi) is 4.98. The number of carbonyl (C=O) groups excluding carboxylic acids is 1. The van der Waals surface area contributed by atoms with Crippen molar-refractivity contribution in [3.63, 3.8) is 0 Å². The van der Waals surface area contributed by atoms with Gasteiger partial charge in [0.05, 0.1) is 30.4 Å². The molecule has 2 heterocycles. The summed E-state index contributed by atoms with van der Waals surface area (Å²) in [7, 11) is 0. The van der Waals surface area contributed by atoms with E-state index in [1.54, 1.807) is 0 Å². The lowest BCUT2D eigenvalue weighted by Crippen LogP contribution is -2.36. The molecule has 6 heteroatoms. The third-order valence-electron chi connectivity index (χ3n) is 4.69. The molecule has 4 rings (SSSR count). The van der Waals surface area contributed by atoms with Gasteiger partial charge < -0.3 is 15.0 Å². The van der Waals surface area contributed by atoms with Crippen LogP contribution in [0.5, 0.6) is 0 Å². The highest BCUT2D eigenvalue weighted by molar-refractivity contribution is 5.82. The first-order chi connectivity index (χ1) is 13.2. The topological polar surface area (TPSA) is 67.4 Å². The number of ether oxygens (including phenoxy) is 1. The molecule has 1 N–H and O–H groups in total. The lowest BCUT2D eigenvalue weighted by Gasteiger charge is -2.27. The van der Waals surface area contributed by atoms with Gasteiger partial charge in [0.2, 0.25) is 5.91 Å². The van der Waals surface area contributed by atoms with E-state index in [2.05, 4.69) is 39.5 Å². The van der Waals surface area contributed by atoms with E-state index in [0.717, 1.165) is 59.8 Å². The van der Waals surface area contributed by atoms with Crippen LogP contribution < -0.4 is 10.2 Å². The standard InChI is InChI=1S/C21H22N4O2/c1-15(26)22-13-16-2-4-17(5-3-16)18-6-7-19-20(12-18)24-21(14-23-19)25-8-10-27-11-9-25/h2-7,12,14H,8-11,13H2,1H3,(H,22,26). The van der Waals surface area contributed by atoms with Crippen LogP contribution in [0.2, 0.25) is 0 Å². The fraction of sp³-hybridized carbons (Fsp3) is 0.286. The van der Waals surface area contributed by atoms with Crippen molar-refractivity contribution in [2.45, 2.75) is 13.5 Å². The van der Waals surface area contributed by atoms with Gasteiger partial charge in [-0.2, -0.15) is 0 Å². The monoisotopic (exact) mass is 362 g/mol. The summed E-state index contributed by atoms with van der Waals surface area (Å²) in [6.07, 6.45) is 1.84. The van der Waals surface area contributed by atoms with Crippen LogP contribution in [-0.2, 0) is 16.1 Å². The van der Waals surface area contributed by atoms with Gasteiger partial charge in [-0.05, 0) is 28.8 Å². The second kappa shape index (κ2) is 7.72. The van der Waals surface area contributed by atoms with Crippen LogP contribution in [0.1, 0.15) is 12.5 Å². The van der Waals surface area contributed by atoms with Crippen LogP contribution in [0.15, 0.2) is 48.7 Å². The second-order valence-electron chi connectivity index (χ2n) is 6.64. The fourth-order valence-electron chi connectivity index (χ4n) is 3.17. The van der Waals surface area contributed by atoms with Crippen molar-refractivity contribution in [1.29, 1.82) is 0 Å². The first-order valence-electron chi connectivity index (χ1n) is 9.12. The zero-order chi connectivity index (χ0) is 18.6. The molecule has 0 unspecified atom stereocenters. The number of nitrogens with one attached hydrogen (secondary N) is 1. The van der Waals surface area contributed by atoms with Crippen LogP contribution in [-0.4, -0.2) is 42.2 Å². The number of hydrogen-bond donors (Lipinski definition) is 1. The predicted octanol–water partition coefficient (Wildman–Crippen LogP) is 2.77. The van der Waals surface area contributed by atoms with Crippen LogP contribution in [0.25, 0.3) is 22.2 Å². The Balaban J connectivity index is 1.59. The van der Waals surface area contributed by atoms with Gasteiger partial charge in [0.1, 0.15) is 5.82 Å². The minimum atomic E-state index is -0.0248. The second-order valence-corrected chi connectivity index (χ2v) is 6.64. The molecule has 0 spiro atoms. The number of anilines is 1. The quantitative estimate of drug-likeness (QED) is 0.773. The van der Waals surface area contributed by atoms with Gasteiger partial charge >= 0.3 is 0 Å². The van der Waals surface area contributed by atoms with Crippen molar-refractivity contribution in [2.75, 3.05) is 31.2 Å². The summed E-state index contributed by atoms with van der Waals surface area (Å²) in [6.45, 7) is 5.21. The molecule has 1 aromatic heterocycles. The van der Waals surface area contributed by atoms with Crippen molar-refractivity contribution in [3.05, 3.63) is 54.2 Å². The summed E-state index contributed by atoms with van der Waals surface area (Å²) >= 11 is 0. The molecule has 0 aliphatic carbocycles. The van der Waals surface area contributed by atoms with E-state index < -0.39 is 0 Å². The van der Waals surface area contributed by atoms with Gasteiger partial charge in [-0.3, -0.25) is 9.78 Å². The highest BCUT2D eigenvalue weighted by Crippen LogP contribution is 2.24. The summed E-state index contributed by atoms with van der Waals surface area (Å²) in [6, 6.07) is 14.3. The molecule has 3 aromatic rings. The number of rotatable bonds is 4. The molecule has 0 bridgehead atoms. The molecule has 1 aliphatic rings. The molecular weight excluding hydrogens is 340 g/mol. The molecule has 1 saturated heterocycles. The number of carbonyl (C=O) groups is 1. The minimum Gasteiger partial charge on any atom is -0.378 e. The molecular formula is C21H22N4O2. The molecule has 0 saturated carbocycles. The van der Waals surface area contributed by atoms with Crippen LogP contribution >= 0.6 is 0 Å². The number of fused-ring (bicyclic) bond motifs is 1. The maximum Gasteiger partial charge on any atom is 0.217 e. The molecule has 1 aliphatic heterocycles. The van der Waals surface area contributed by atoms with Crippen LogP contribution in [0.3, 0.4) is 0 Å². The smallest absolute Gasteiger partial charge is 0.217 e. The van der Waals surface area contributed by atoms with E-state index in [4.69, 9.17) is 9.72 Å². The number of nitrogens with zero attached hydrogens (tertiary/aromatic N) is 3. The van der Waals surface area contributed by atoms with Crippen molar-refractivity contribution in [2.24, 2.45) is 0 Å². The largest absolute Gasteiger partial charge is 0.378 e. The molecule has 6 nitrogen and oxygen atoms in total. The summed E-state index contributed by atoms with van der Waals surface area (Å²) in [5, 5.41) is 2.81. The summed E-state index contributed by atoms with van der Waals surface area (Å²) < 4.78 is 5.41. The molecule has 27 heavy (non-hydrogen) atoms. The summed E-state index contributed by atoms with van der Waals surface area (Å²) in [4.78, 5) is 22.6. The third kappa shape index (κ3) is 4.06. The van der Waals surface area contributed by atoms with E-state index in [9.17, 15) is 4.79 Å². The minimum absolute atomic E-state index is 0.0248. The Bertz CT molecular complexity index is 950. The van der Waals surface area contributed by atoms with E-state index in [1.807, 2.05) is 24.4 Å². The highest BCUT2D eigenvalue weighted by atomic mass is 16.5. The number of aromatic nitrogens is 2. The van der Waals surface area contributed by atoms with E-state index in [0.29, 0.717) is 6.54 Å². The Morgan fingerprint density at radius 3 is 2.56 bits per heavy atom. The molecule has 0 radical (unpaired) electrons. The average Bonchev–Trinajstić information content (AvgIpc) is 2.72. The SMILES string of the molecule is CC(=O)NCc1ccc(-c2ccc3ncc(N4CCOCC4)nc3c2)cc1. The van der Waals surface area contributed by atoms with Gasteiger partial charge in [0.25, 0.3) is 0 Å². The van der Waals surface area contributed by atoms with Crippen LogP contribution in [0, 0.1) is 0 Å². The van der Waals surface area contributed by atoms with Gasteiger partial charge in [-0.1, -0.05) is 30.3 Å². The molecule has 1 fully saturated rings. The molecule has 2 aromatic carbocycles. The van der Waals surface area contributed by atoms with Crippen molar-refractivity contribution >= 4 is 22.8 Å². The van der Waals surface area contributed by atoms with E-state index in [-0.39, 0.29) is 5.91 Å². The first kappa shape index (κ1) is 17.4. The normalized spacial score (nSPS) is 14.3. The Hall–Kier alpha value is -2.99. The number of benzene rings is 2. The molecule has 0 atom stereocenters. The molecule has 1 amide bonds. The number of hydrogen-bond acceptors (Lipinski definition) is 5. The van der Waals surface area contributed by atoms with Gasteiger partial charge in [0, 0.05) is 26.6 Å². The van der Waals surface area contributed by atoms with Gasteiger partial charge in [-0.25, -0.2) is 4.98 Å². The first-order valence-corrected chi connectivity index (χ1v) is 9.12. The van der Waals surface area contributed by atoms with Crippen molar-refractivity contribution < 1.29 is 9.53 Å². The third-order valence-corrected chi connectivity index (χ3v) is 4.69. The lowest BCUT2D eigenvalue weighted by atomic mass is 10.0. The Labute approximate surface area is 158 Å². The number of morpholine rings is 1. The zero-order valence-corrected chi connectivity index (χ0v) is 15.3. The maximum absolute atomic E-state index is 11.0. The zero-order valence-electron chi connectivity index (χ0n) is 15.3. The Morgan fingerprint density at radius 2 is 1.81 bits per heavy atom. The summed E-state index contributed by atoms with van der Waals surface area (Å²) in [5.41, 5.74) is 5.06. The number of amides is 1. The Morgan fingerprint density at radius 1 is 1.07 bits per heavy atom. The lowest BCUT2D eigenvalue weighted by molar-refractivity contribution is -0.119. The predicted molar refractivity (Wildman–Crippen MR) is 106 cm³/mol. The van der Waals surface area contributed by atoms with Gasteiger partial charge in [0.15, 0.2) is 0 Å². The fourth-order valence-corrected chi connectivity index (χ4v) is 3.17. The average molecular weight is 362 g/mol. The van der Waals surface area contributed by atoms with E-state index >= 15 is 0 Å². The highest BCUT2D eigenvalue weighted by Gasteiger charge is 2.13. The molecule has 138 valence electrons. The summed E-state index contributed by atoms with van der Waals surface area (Å²) in [5.74, 6) is 0.872.